The normalized spacial score (nSPS) is 12.1. The first kappa shape index (κ1) is 13.1. The number of benzene rings is 1. The van der Waals surface area contributed by atoms with Gasteiger partial charge in [-0.1, -0.05) is 6.92 Å². The smallest absolute Gasteiger partial charge is 0.328 e. The highest BCUT2D eigenvalue weighted by atomic mass is 16.5. The largest absolute Gasteiger partial charge is 0.467 e. The quantitative estimate of drug-likeness (QED) is 0.856. The number of nitrogens with one attached hydrogen (secondary N) is 1. The van der Waals surface area contributed by atoms with Crippen LogP contribution in [0.25, 0.3) is 11.0 Å². The van der Waals surface area contributed by atoms with E-state index in [-0.39, 0.29) is 5.91 Å². The summed E-state index contributed by atoms with van der Waals surface area (Å²) >= 11 is 0. The van der Waals surface area contributed by atoms with Crippen molar-refractivity contribution >= 4 is 22.8 Å². The molecule has 2 aromatic rings. The molecule has 0 aliphatic rings. The first-order valence-electron chi connectivity index (χ1n) is 6.01. The molecule has 0 radical (unpaired) electrons. The van der Waals surface area contributed by atoms with Gasteiger partial charge >= 0.3 is 5.97 Å². The third-order valence-electron chi connectivity index (χ3n) is 2.91. The first-order valence-corrected chi connectivity index (χ1v) is 6.01. The molecule has 0 saturated heterocycles. The van der Waals surface area contributed by atoms with E-state index in [2.05, 4.69) is 10.1 Å². The minimum absolute atomic E-state index is 0.305. The van der Waals surface area contributed by atoms with Crippen LogP contribution in [0.1, 0.15) is 23.7 Å². The number of furan rings is 1. The SMILES string of the molecule is CC[C@@H](NC(=O)c1ccc2occc2c1)C(=O)OC. The molecule has 0 saturated carbocycles. The standard InChI is InChI=1S/C14H15NO4/c1-3-11(14(17)18-2)15-13(16)10-4-5-12-9(8-10)6-7-19-12/h4-8,11H,3H2,1-2H3,(H,15,16)/t11-/m1/s1. The number of ether oxygens (including phenoxy) is 1. The van der Waals surface area contributed by atoms with Gasteiger partial charge in [-0.2, -0.15) is 0 Å². The number of amides is 1. The van der Waals surface area contributed by atoms with E-state index in [1.54, 1.807) is 37.5 Å². The molecule has 1 aromatic carbocycles. The molecule has 19 heavy (non-hydrogen) atoms. The Hall–Kier alpha value is -2.30. The summed E-state index contributed by atoms with van der Waals surface area (Å²) < 4.78 is 9.83. The Morgan fingerprint density at radius 2 is 2.16 bits per heavy atom. The lowest BCUT2D eigenvalue weighted by molar-refractivity contribution is -0.142. The van der Waals surface area contributed by atoms with Gasteiger partial charge in [-0.15, -0.1) is 0 Å². The zero-order chi connectivity index (χ0) is 13.8. The van der Waals surface area contributed by atoms with E-state index < -0.39 is 12.0 Å². The molecule has 0 fully saturated rings. The van der Waals surface area contributed by atoms with Crippen LogP contribution in [0, 0.1) is 0 Å². The van der Waals surface area contributed by atoms with E-state index in [0.717, 1.165) is 11.0 Å². The van der Waals surface area contributed by atoms with Crippen molar-refractivity contribution in [2.75, 3.05) is 7.11 Å². The summed E-state index contributed by atoms with van der Waals surface area (Å²) in [6.07, 6.45) is 2.04. The van der Waals surface area contributed by atoms with Gasteiger partial charge in [-0.05, 0) is 30.7 Å². The lowest BCUT2D eigenvalue weighted by Crippen LogP contribution is -2.40. The van der Waals surface area contributed by atoms with Crippen LogP contribution in [0.5, 0.6) is 0 Å². The first-order chi connectivity index (χ1) is 9.15. The topological polar surface area (TPSA) is 68.5 Å². The molecule has 1 amide bonds. The minimum Gasteiger partial charge on any atom is -0.467 e. The van der Waals surface area contributed by atoms with Crippen LogP contribution in [0.4, 0.5) is 0 Å². The highest BCUT2D eigenvalue weighted by Gasteiger charge is 2.20. The summed E-state index contributed by atoms with van der Waals surface area (Å²) in [5.41, 5.74) is 1.20. The molecule has 0 bridgehead atoms. The Bertz CT molecular complexity index is 602. The van der Waals surface area contributed by atoms with E-state index >= 15 is 0 Å². The van der Waals surface area contributed by atoms with Crippen molar-refractivity contribution in [3.8, 4) is 0 Å². The number of esters is 1. The number of methoxy groups -OCH3 is 1. The van der Waals surface area contributed by atoms with Crippen LogP contribution in [-0.2, 0) is 9.53 Å². The van der Waals surface area contributed by atoms with Crippen molar-refractivity contribution < 1.29 is 18.7 Å². The second kappa shape index (κ2) is 5.56. The molecule has 100 valence electrons. The molecular weight excluding hydrogens is 246 g/mol. The maximum absolute atomic E-state index is 12.1. The molecule has 1 heterocycles. The zero-order valence-corrected chi connectivity index (χ0v) is 10.8. The van der Waals surface area contributed by atoms with Crippen molar-refractivity contribution in [3.05, 3.63) is 36.1 Å². The molecule has 2 rings (SSSR count). The van der Waals surface area contributed by atoms with Crippen LogP contribution < -0.4 is 5.32 Å². The molecular formula is C14H15NO4. The number of hydrogen-bond acceptors (Lipinski definition) is 4. The molecule has 1 N–H and O–H groups in total. The monoisotopic (exact) mass is 261 g/mol. The van der Waals surface area contributed by atoms with Crippen LogP contribution in [0.15, 0.2) is 34.9 Å². The summed E-state index contributed by atoms with van der Waals surface area (Å²) in [6, 6.07) is 6.26. The van der Waals surface area contributed by atoms with E-state index in [1.807, 2.05) is 0 Å². The second-order valence-corrected chi connectivity index (χ2v) is 4.13. The van der Waals surface area contributed by atoms with Crippen LogP contribution in [0.2, 0.25) is 0 Å². The fourth-order valence-corrected chi connectivity index (χ4v) is 1.82. The number of fused-ring (bicyclic) bond motifs is 1. The molecule has 1 aromatic heterocycles. The zero-order valence-electron chi connectivity index (χ0n) is 10.8. The van der Waals surface area contributed by atoms with Crippen LogP contribution in [0.3, 0.4) is 0 Å². The van der Waals surface area contributed by atoms with Gasteiger partial charge in [0.25, 0.3) is 5.91 Å². The second-order valence-electron chi connectivity index (χ2n) is 4.13. The van der Waals surface area contributed by atoms with Gasteiger partial charge < -0.3 is 14.5 Å². The number of carbonyl (C=O) groups is 2. The molecule has 0 spiro atoms. The molecule has 5 nitrogen and oxygen atoms in total. The number of rotatable bonds is 4. The fourth-order valence-electron chi connectivity index (χ4n) is 1.82. The van der Waals surface area contributed by atoms with Gasteiger partial charge in [0.2, 0.25) is 0 Å². The van der Waals surface area contributed by atoms with Crippen molar-refractivity contribution in [1.82, 2.24) is 5.32 Å². The number of hydrogen-bond donors (Lipinski definition) is 1. The lowest BCUT2D eigenvalue weighted by atomic mass is 10.1. The van der Waals surface area contributed by atoms with E-state index in [1.165, 1.54) is 7.11 Å². The van der Waals surface area contributed by atoms with Gasteiger partial charge in [0.1, 0.15) is 11.6 Å². The Labute approximate surface area is 110 Å². The summed E-state index contributed by atoms with van der Waals surface area (Å²) in [6.45, 7) is 1.81. The third-order valence-corrected chi connectivity index (χ3v) is 2.91. The van der Waals surface area contributed by atoms with Gasteiger partial charge in [-0.3, -0.25) is 4.79 Å². The van der Waals surface area contributed by atoms with Crippen LogP contribution in [-0.4, -0.2) is 25.0 Å². The fraction of sp³-hybridized carbons (Fsp3) is 0.286. The van der Waals surface area contributed by atoms with E-state index in [9.17, 15) is 9.59 Å². The number of carbonyl (C=O) groups excluding carboxylic acids is 2. The van der Waals surface area contributed by atoms with Crippen molar-refractivity contribution in [3.63, 3.8) is 0 Å². The Morgan fingerprint density at radius 1 is 1.37 bits per heavy atom. The van der Waals surface area contributed by atoms with E-state index in [0.29, 0.717) is 12.0 Å². The molecule has 5 heteroatoms. The van der Waals surface area contributed by atoms with Gasteiger partial charge in [0.05, 0.1) is 13.4 Å². The van der Waals surface area contributed by atoms with Gasteiger partial charge in [-0.25, -0.2) is 4.79 Å². The predicted molar refractivity (Wildman–Crippen MR) is 69.8 cm³/mol. The third kappa shape index (κ3) is 2.76. The molecule has 0 aliphatic heterocycles. The summed E-state index contributed by atoms with van der Waals surface area (Å²) in [5.74, 6) is -0.749. The average Bonchev–Trinajstić information content (AvgIpc) is 2.90. The molecule has 1 atom stereocenters. The highest BCUT2D eigenvalue weighted by molar-refractivity contribution is 5.99. The van der Waals surface area contributed by atoms with E-state index in [4.69, 9.17) is 4.42 Å². The molecule has 0 aliphatic carbocycles. The Morgan fingerprint density at radius 3 is 2.84 bits per heavy atom. The predicted octanol–water partition coefficient (Wildman–Crippen LogP) is 2.11. The maximum Gasteiger partial charge on any atom is 0.328 e. The lowest BCUT2D eigenvalue weighted by Gasteiger charge is -2.14. The van der Waals surface area contributed by atoms with Gasteiger partial charge in [0, 0.05) is 10.9 Å². The van der Waals surface area contributed by atoms with Crippen molar-refractivity contribution in [2.45, 2.75) is 19.4 Å². The van der Waals surface area contributed by atoms with Crippen molar-refractivity contribution in [2.24, 2.45) is 0 Å². The maximum atomic E-state index is 12.1. The Kier molecular flexibility index (Phi) is 3.85. The van der Waals surface area contributed by atoms with Crippen LogP contribution >= 0.6 is 0 Å². The summed E-state index contributed by atoms with van der Waals surface area (Å²) in [4.78, 5) is 23.5. The van der Waals surface area contributed by atoms with Crippen molar-refractivity contribution in [1.29, 1.82) is 0 Å². The highest BCUT2D eigenvalue weighted by Crippen LogP contribution is 2.17. The average molecular weight is 261 g/mol. The van der Waals surface area contributed by atoms with Gasteiger partial charge in [0.15, 0.2) is 0 Å². The Balaban J connectivity index is 2.16. The minimum atomic E-state index is -0.627. The molecule has 0 unspecified atom stereocenters. The summed E-state index contributed by atoms with van der Waals surface area (Å²) in [7, 11) is 1.30. The summed E-state index contributed by atoms with van der Waals surface area (Å²) in [5, 5.41) is 3.49.